The number of benzene rings is 1. The van der Waals surface area contributed by atoms with Gasteiger partial charge in [0.25, 0.3) is 0 Å². The number of halogens is 2. The SMILES string of the molecule is CCCC[C@H](NC(=O)/C=C/c1cc(Br)ccc1F)C(=O)O. The van der Waals surface area contributed by atoms with Crippen molar-refractivity contribution in [3.8, 4) is 0 Å². The lowest BCUT2D eigenvalue weighted by Crippen LogP contribution is -2.39. The van der Waals surface area contributed by atoms with Crippen molar-refractivity contribution in [2.24, 2.45) is 0 Å². The first-order valence-corrected chi connectivity index (χ1v) is 7.39. The molecule has 1 amide bonds. The molecule has 0 aliphatic carbocycles. The molecule has 4 nitrogen and oxygen atoms in total. The summed E-state index contributed by atoms with van der Waals surface area (Å²) in [5.74, 6) is -2.08. The van der Waals surface area contributed by atoms with E-state index in [-0.39, 0.29) is 5.56 Å². The van der Waals surface area contributed by atoms with Crippen LogP contribution in [0, 0.1) is 5.82 Å². The summed E-state index contributed by atoms with van der Waals surface area (Å²) in [5, 5.41) is 11.4. The molecule has 0 unspecified atom stereocenters. The highest BCUT2D eigenvalue weighted by Gasteiger charge is 2.17. The molecule has 21 heavy (non-hydrogen) atoms. The highest BCUT2D eigenvalue weighted by atomic mass is 79.9. The zero-order chi connectivity index (χ0) is 15.8. The Morgan fingerprint density at radius 1 is 1.48 bits per heavy atom. The molecule has 1 atom stereocenters. The maximum atomic E-state index is 13.5. The van der Waals surface area contributed by atoms with E-state index in [9.17, 15) is 14.0 Å². The second-order valence-corrected chi connectivity index (χ2v) is 5.46. The summed E-state index contributed by atoms with van der Waals surface area (Å²) in [7, 11) is 0. The third-order valence-electron chi connectivity index (χ3n) is 2.83. The van der Waals surface area contributed by atoms with Crippen molar-refractivity contribution in [3.05, 3.63) is 40.1 Å². The van der Waals surface area contributed by atoms with Crippen LogP contribution in [0.25, 0.3) is 6.08 Å². The molecule has 0 fully saturated rings. The number of carboxylic acids is 1. The van der Waals surface area contributed by atoms with Crippen molar-refractivity contribution >= 4 is 33.9 Å². The van der Waals surface area contributed by atoms with Crippen molar-refractivity contribution < 1.29 is 19.1 Å². The fourth-order valence-electron chi connectivity index (χ4n) is 1.69. The molecule has 0 aliphatic heterocycles. The van der Waals surface area contributed by atoms with Crippen LogP contribution in [0.4, 0.5) is 4.39 Å². The van der Waals surface area contributed by atoms with Gasteiger partial charge in [-0.15, -0.1) is 0 Å². The molecule has 0 saturated carbocycles. The Labute approximate surface area is 131 Å². The Balaban J connectivity index is 2.68. The largest absolute Gasteiger partial charge is 0.480 e. The minimum absolute atomic E-state index is 0.250. The van der Waals surface area contributed by atoms with Gasteiger partial charge in [0.15, 0.2) is 0 Å². The lowest BCUT2D eigenvalue weighted by molar-refractivity contribution is -0.141. The molecule has 1 rings (SSSR count). The summed E-state index contributed by atoms with van der Waals surface area (Å²) >= 11 is 3.21. The van der Waals surface area contributed by atoms with Gasteiger partial charge in [0, 0.05) is 16.1 Å². The highest BCUT2D eigenvalue weighted by Crippen LogP contribution is 2.16. The van der Waals surface area contributed by atoms with E-state index >= 15 is 0 Å². The monoisotopic (exact) mass is 357 g/mol. The number of amides is 1. The lowest BCUT2D eigenvalue weighted by atomic mass is 10.1. The standard InChI is InChI=1S/C15H17BrFNO3/c1-2-3-4-13(15(20)21)18-14(19)8-5-10-9-11(16)6-7-12(10)17/h5-9,13H,2-4H2,1H3,(H,18,19)(H,20,21)/b8-5+/t13-/m0/s1. The van der Waals surface area contributed by atoms with Crippen LogP contribution in [0.15, 0.2) is 28.7 Å². The fourth-order valence-corrected chi connectivity index (χ4v) is 2.07. The van der Waals surface area contributed by atoms with Gasteiger partial charge in [-0.3, -0.25) is 4.79 Å². The number of aliphatic carboxylic acids is 1. The van der Waals surface area contributed by atoms with E-state index in [1.54, 1.807) is 6.07 Å². The van der Waals surface area contributed by atoms with Crippen molar-refractivity contribution in [2.75, 3.05) is 0 Å². The second kappa shape index (κ2) is 8.56. The fraction of sp³-hybridized carbons (Fsp3) is 0.333. The van der Waals surface area contributed by atoms with Gasteiger partial charge in [-0.2, -0.15) is 0 Å². The molecule has 6 heteroatoms. The molecule has 0 heterocycles. The van der Waals surface area contributed by atoms with Gasteiger partial charge in [-0.1, -0.05) is 35.7 Å². The van der Waals surface area contributed by atoms with Gasteiger partial charge in [0.05, 0.1) is 0 Å². The molecular weight excluding hydrogens is 341 g/mol. The van der Waals surface area contributed by atoms with Gasteiger partial charge >= 0.3 is 5.97 Å². The van der Waals surface area contributed by atoms with Crippen molar-refractivity contribution in [2.45, 2.75) is 32.2 Å². The zero-order valence-electron chi connectivity index (χ0n) is 11.6. The molecule has 0 aromatic heterocycles. The van der Waals surface area contributed by atoms with Gasteiger partial charge in [-0.05, 0) is 30.7 Å². The summed E-state index contributed by atoms with van der Waals surface area (Å²) in [4.78, 5) is 22.7. The number of rotatable bonds is 7. The maximum absolute atomic E-state index is 13.5. The predicted molar refractivity (Wildman–Crippen MR) is 82.2 cm³/mol. The Morgan fingerprint density at radius 3 is 2.81 bits per heavy atom. The van der Waals surface area contributed by atoms with Crippen molar-refractivity contribution in [1.82, 2.24) is 5.32 Å². The average molecular weight is 358 g/mol. The molecule has 0 spiro atoms. The van der Waals surface area contributed by atoms with Crippen LogP contribution in [-0.4, -0.2) is 23.0 Å². The molecule has 0 radical (unpaired) electrons. The van der Waals surface area contributed by atoms with E-state index in [0.29, 0.717) is 17.3 Å². The second-order valence-electron chi connectivity index (χ2n) is 4.54. The van der Waals surface area contributed by atoms with Gasteiger partial charge in [-0.25, -0.2) is 9.18 Å². The van der Waals surface area contributed by atoms with Crippen LogP contribution in [-0.2, 0) is 9.59 Å². The van der Waals surface area contributed by atoms with Gasteiger partial charge in [0.2, 0.25) is 5.91 Å². The molecule has 0 saturated heterocycles. The van der Waals surface area contributed by atoms with Crippen LogP contribution >= 0.6 is 15.9 Å². The normalized spacial score (nSPS) is 12.3. The molecule has 1 aromatic rings. The number of hydrogen-bond donors (Lipinski definition) is 2. The van der Waals surface area contributed by atoms with Gasteiger partial charge < -0.3 is 10.4 Å². The van der Waals surface area contributed by atoms with E-state index < -0.39 is 23.7 Å². The summed E-state index contributed by atoms with van der Waals surface area (Å²) in [6.07, 6.45) is 4.37. The number of carbonyl (C=O) groups is 2. The molecule has 2 N–H and O–H groups in total. The minimum Gasteiger partial charge on any atom is -0.480 e. The quantitative estimate of drug-likeness (QED) is 0.735. The number of hydrogen-bond acceptors (Lipinski definition) is 2. The Kier molecular flexibility index (Phi) is 7.08. The number of nitrogens with one attached hydrogen (secondary N) is 1. The van der Waals surface area contributed by atoms with Crippen molar-refractivity contribution in [1.29, 1.82) is 0 Å². The summed E-state index contributed by atoms with van der Waals surface area (Å²) in [6.45, 7) is 1.94. The molecular formula is C15H17BrFNO3. The third-order valence-corrected chi connectivity index (χ3v) is 3.33. The number of carboxylic acid groups (broad SMARTS) is 1. The zero-order valence-corrected chi connectivity index (χ0v) is 13.2. The summed E-state index contributed by atoms with van der Waals surface area (Å²) < 4.78 is 14.2. The average Bonchev–Trinajstić information content (AvgIpc) is 2.44. The predicted octanol–water partition coefficient (Wildman–Crippen LogP) is 3.36. The van der Waals surface area contributed by atoms with Gasteiger partial charge in [0.1, 0.15) is 11.9 Å². The first-order valence-electron chi connectivity index (χ1n) is 6.60. The minimum atomic E-state index is -1.07. The topological polar surface area (TPSA) is 66.4 Å². The molecule has 114 valence electrons. The van der Waals surface area contributed by atoms with E-state index in [2.05, 4.69) is 21.2 Å². The van der Waals surface area contributed by atoms with E-state index in [1.165, 1.54) is 18.2 Å². The van der Waals surface area contributed by atoms with Crippen LogP contribution in [0.2, 0.25) is 0 Å². The Bertz CT molecular complexity index is 546. The van der Waals surface area contributed by atoms with Crippen LogP contribution in [0.3, 0.4) is 0 Å². The Morgan fingerprint density at radius 2 is 2.19 bits per heavy atom. The summed E-state index contributed by atoms with van der Waals surface area (Å²) in [5.41, 5.74) is 0.250. The number of unbranched alkanes of at least 4 members (excludes halogenated alkanes) is 1. The van der Waals surface area contributed by atoms with Crippen LogP contribution in [0.5, 0.6) is 0 Å². The molecule has 0 bridgehead atoms. The van der Waals surface area contributed by atoms with E-state index in [1.807, 2.05) is 6.92 Å². The molecule has 0 aliphatic rings. The molecule has 1 aromatic carbocycles. The van der Waals surface area contributed by atoms with Crippen LogP contribution in [0.1, 0.15) is 31.7 Å². The van der Waals surface area contributed by atoms with Crippen LogP contribution < -0.4 is 5.32 Å². The maximum Gasteiger partial charge on any atom is 0.326 e. The lowest BCUT2D eigenvalue weighted by Gasteiger charge is -2.12. The first-order chi connectivity index (χ1) is 9.93. The van der Waals surface area contributed by atoms with E-state index in [4.69, 9.17) is 5.11 Å². The summed E-state index contributed by atoms with van der Waals surface area (Å²) in [6, 6.07) is 3.45. The smallest absolute Gasteiger partial charge is 0.326 e. The third kappa shape index (κ3) is 6.08. The first kappa shape index (κ1) is 17.4. The van der Waals surface area contributed by atoms with E-state index in [0.717, 1.165) is 12.5 Å². The number of carbonyl (C=O) groups excluding carboxylic acids is 1. The van der Waals surface area contributed by atoms with Crippen molar-refractivity contribution in [3.63, 3.8) is 0 Å². The highest BCUT2D eigenvalue weighted by molar-refractivity contribution is 9.10. The Hall–Kier alpha value is -1.69.